The summed E-state index contributed by atoms with van der Waals surface area (Å²) in [5, 5.41) is 29.8. The highest BCUT2D eigenvalue weighted by atomic mass is 32.4. The molecule has 3 aromatic carbocycles. The van der Waals surface area contributed by atoms with E-state index in [4.69, 9.17) is 56.8 Å². The summed E-state index contributed by atoms with van der Waals surface area (Å²) in [4.78, 5) is 33.8. The Balaban J connectivity index is 0.000000183. The van der Waals surface area contributed by atoms with Gasteiger partial charge in [-0.2, -0.15) is 0 Å². The standard InChI is InChI=1S/C17H20O7.C15H18O6.C13H16O5.CH3PS.CH4/c1-10(18)22-14-9-20-13-8-21-17(12-6-4-3-5-7-12)24-15(13)16(14)23-11(2)19;1-9(16)20-11-7-18-12-8-19-15(21-14(12)13(11)17)10-5-3-2-4-6-10;14-9-6-16-10-7-17-13(18-12(10)11(9)15)8-4-2-1-3-5-8;1-2-3;/h3-7,13-17H,8-9H2,1-2H3;2-6,11-15,17H,7-8H2,1H3;1-5,9-15H,6-7H2;1H3;1H4/t13-,14+,15-,16-,17?;11-,12+,13+,14+,15?;9-,10+,11+,12+,13?;;/m100../s1. The van der Waals surface area contributed by atoms with E-state index in [0.29, 0.717) is 19.8 Å². The van der Waals surface area contributed by atoms with Gasteiger partial charge < -0.3 is 72.2 Å². The van der Waals surface area contributed by atoms with Gasteiger partial charge in [-0.15, -0.1) is 0 Å². The molecule has 67 heavy (non-hydrogen) atoms. The van der Waals surface area contributed by atoms with Gasteiger partial charge in [0.15, 0.2) is 37.2 Å². The molecule has 0 spiro atoms. The fraction of sp³-hybridized carbons (Fsp3) is 0.553. The monoisotopic (exact) mass is 976 g/mol. The number of carbonyl (C=O) groups is 3. The predicted molar refractivity (Wildman–Crippen MR) is 241 cm³/mol. The van der Waals surface area contributed by atoms with Crippen molar-refractivity contribution in [3.05, 3.63) is 108 Å². The zero-order chi connectivity index (χ0) is 47.2. The van der Waals surface area contributed by atoms with Crippen molar-refractivity contribution >= 4 is 37.1 Å². The lowest BCUT2D eigenvalue weighted by Crippen LogP contribution is -2.60. The van der Waals surface area contributed by atoms with Crippen LogP contribution in [0.3, 0.4) is 0 Å². The minimum absolute atomic E-state index is 0. The van der Waals surface area contributed by atoms with Gasteiger partial charge in [0.25, 0.3) is 0 Å². The van der Waals surface area contributed by atoms with E-state index in [0.717, 1.165) is 24.0 Å². The molecule has 9 rings (SSSR count). The van der Waals surface area contributed by atoms with Gasteiger partial charge >= 0.3 is 17.9 Å². The van der Waals surface area contributed by atoms with Crippen LogP contribution in [0, 0.1) is 0 Å². The molecule has 0 saturated carbocycles. The highest BCUT2D eigenvalue weighted by molar-refractivity contribution is 7.96. The van der Waals surface area contributed by atoms with E-state index in [9.17, 15) is 29.7 Å². The Hall–Kier alpha value is -3.89. The number of rotatable bonds is 6. The molecule has 6 aliphatic rings. The average molecular weight is 977 g/mol. The number of esters is 3. The van der Waals surface area contributed by atoms with Crippen molar-refractivity contribution < 1.29 is 86.5 Å². The third-order valence-corrected chi connectivity index (χ3v) is 10.9. The van der Waals surface area contributed by atoms with Crippen LogP contribution in [0.5, 0.6) is 0 Å². The molecule has 0 radical (unpaired) electrons. The number of aliphatic hydroxyl groups is 3. The lowest BCUT2D eigenvalue weighted by atomic mass is 9.98. The van der Waals surface area contributed by atoms with E-state index >= 15 is 0 Å². The number of benzene rings is 3. The van der Waals surface area contributed by atoms with E-state index in [-0.39, 0.29) is 45.6 Å². The summed E-state index contributed by atoms with van der Waals surface area (Å²) < 4.78 is 66.7. The fourth-order valence-electron chi connectivity index (χ4n) is 7.87. The van der Waals surface area contributed by atoms with E-state index < -0.39 is 91.7 Å². The molecule has 368 valence electrons. The smallest absolute Gasteiger partial charge is 0.303 e. The van der Waals surface area contributed by atoms with Gasteiger partial charge in [0.2, 0.25) is 0 Å². The molecule has 3 N–H and O–H groups in total. The second-order valence-electron chi connectivity index (χ2n) is 15.7. The maximum absolute atomic E-state index is 11.5. The Bertz CT molecular complexity index is 1970. The minimum Gasteiger partial charge on any atom is -0.457 e. The van der Waals surface area contributed by atoms with Gasteiger partial charge in [-0.25, -0.2) is 0 Å². The van der Waals surface area contributed by atoms with Gasteiger partial charge in [0, 0.05) is 37.5 Å². The zero-order valence-electron chi connectivity index (χ0n) is 36.9. The van der Waals surface area contributed by atoms with Gasteiger partial charge in [-0.3, -0.25) is 14.4 Å². The number of ether oxygens (including phenoxy) is 12. The van der Waals surface area contributed by atoms with Crippen LogP contribution in [0.4, 0.5) is 0 Å². The fourth-order valence-corrected chi connectivity index (χ4v) is 7.87. The van der Waals surface area contributed by atoms with Gasteiger partial charge in [0.1, 0.15) is 54.9 Å². The van der Waals surface area contributed by atoms with E-state index in [2.05, 4.69) is 11.8 Å². The molecule has 0 aliphatic carbocycles. The third-order valence-electron chi connectivity index (χ3n) is 10.9. The molecule has 3 aromatic rings. The number of hydrogen-bond donors (Lipinski definition) is 3. The number of aliphatic hydroxyl groups excluding tert-OH is 3. The largest absolute Gasteiger partial charge is 0.457 e. The highest BCUT2D eigenvalue weighted by Crippen LogP contribution is 2.36. The Morgan fingerprint density at radius 3 is 1.27 bits per heavy atom. The number of hydrogen-bond acceptors (Lipinski definition) is 19. The van der Waals surface area contributed by atoms with Crippen molar-refractivity contribution in [2.24, 2.45) is 0 Å². The Kier molecular flexibility index (Phi) is 21.6. The summed E-state index contributed by atoms with van der Waals surface area (Å²) in [6, 6.07) is 28.4. The maximum atomic E-state index is 11.5. The Labute approximate surface area is 396 Å². The number of carbonyl (C=O) groups excluding carboxylic acids is 3. The first kappa shape index (κ1) is 54.1. The molecular weight excluding hydrogens is 916 g/mol. The summed E-state index contributed by atoms with van der Waals surface area (Å²) in [5.41, 5.74) is 2.62. The minimum atomic E-state index is -0.932. The second kappa shape index (κ2) is 26.8. The first-order valence-corrected chi connectivity index (χ1v) is 23.8. The maximum Gasteiger partial charge on any atom is 0.303 e. The van der Waals surface area contributed by atoms with Gasteiger partial charge in [-0.05, 0) is 14.0 Å². The van der Waals surface area contributed by atoms with Crippen LogP contribution in [0.25, 0.3) is 0 Å². The summed E-state index contributed by atoms with van der Waals surface area (Å²) in [6.45, 7) is 7.19. The summed E-state index contributed by atoms with van der Waals surface area (Å²) in [7, 11) is 1.00. The highest BCUT2D eigenvalue weighted by Gasteiger charge is 2.50. The molecule has 0 amide bonds. The molecule has 20 heteroatoms. The van der Waals surface area contributed by atoms with Crippen molar-refractivity contribution in [1.29, 1.82) is 0 Å². The second-order valence-corrected chi connectivity index (χ2v) is 17.2. The topological polar surface area (TPSA) is 223 Å². The Morgan fingerprint density at radius 1 is 0.507 bits per heavy atom. The van der Waals surface area contributed by atoms with Crippen LogP contribution in [-0.2, 0) is 83.0 Å². The van der Waals surface area contributed by atoms with Crippen LogP contribution >= 0.6 is 7.36 Å². The number of fused-ring (bicyclic) bond motifs is 3. The predicted octanol–water partition coefficient (Wildman–Crippen LogP) is 4.04. The first-order valence-electron chi connectivity index (χ1n) is 21.4. The van der Waals surface area contributed by atoms with Crippen molar-refractivity contribution in [3.63, 3.8) is 0 Å². The van der Waals surface area contributed by atoms with E-state index in [1.807, 2.05) is 97.7 Å². The lowest BCUT2D eigenvalue weighted by Gasteiger charge is -2.45. The molecule has 0 bridgehead atoms. The quantitative estimate of drug-likeness (QED) is 0.180. The van der Waals surface area contributed by atoms with E-state index in [1.165, 1.54) is 20.8 Å². The molecule has 6 heterocycles. The summed E-state index contributed by atoms with van der Waals surface area (Å²) in [5.74, 6) is -1.39. The molecule has 0 aromatic heterocycles. The van der Waals surface area contributed by atoms with Crippen LogP contribution in [0.2, 0.25) is 0 Å². The molecule has 6 saturated heterocycles. The van der Waals surface area contributed by atoms with Crippen molar-refractivity contribution in [2.45, 2.75) is 120 Å². The van der Waals surface area contributed by atoms with Crippen molar-refractivity contribution in [1.82, 2.24) is 0 Å². The zero-order valence-corrected chi connectivity index (χ0v) is 38.6. The van der Waals surface area contributed by atoms with Crippen molar-refractivity contribution in [2.75, 3.05) is 46.3 Å². The van der Waals surface area contributed by atoms with Gasteiger partial charge in [-0.1, -0.05) is 110 Å². The van der Waals surface area contributed by atoms with Crippen molar-refractivity contribution in [3.8, 4) is 0 Å². The normalized spacial score (nSPS) is 34.0. The van der Waals surface area contributed by atoms with Crippen LogP contribution in [0.1, 0.15) is 63.8 Å². The summed E-state index contributed by atoms with van der Waals surface area (Å²) in [6.07, 6.45) is -9.34. The van der Waals surface area contributed by atoms with Crippen LogP contribution in [0.15, 0.2) is 91.0 Å². The average Bonchev–Trinajstić information content (AvgIpc) is 3.33. The molecule has 3 unspecified atom stereocenters. The van der Waals surface area contributed by atoms with Crippen LogP contribution in [-0.4, -0.2) is 153 Å². The van der Waals surface area contributed by atoms with Gasteiger partial charge in [0.05, 0.1) is 39.6 Å². The molecule has 18 nitrogen and oxygen atoms in total. The molecular formula is C47H61O18PS. The van der Waals surface area contributed by atoms with Crippen LogP contribution < -0.4 is 0 Å². The molecule has 6 aliphatic heterocycles. The summed E-state index contributed by atoms with van der Waals surface area (Å²) >= 11 is 4.37. The Morgan fingerprint density at radius 2 is 0.851 bits per heavy atom. The molecule has 6 fully saturated rings. The van der Waals surface area contributed by atoms with E-state index in [1.54, 1.807) is 0 Å². The SMILES string of the molecule is C.CC(=O)O[C@H]1CO[C@@H]2COC(c3ccccc3)O[C@H]2[C@@H]1O.CC(=O)O[C@H]1[C@@H]2OC(c3ccccc3)OC[C@H]2OC[C@@H]1OC(C)=O.CP=S.O[C@H]1[C@@H]2OC(c3ccccc3)OC[C@H]2OC[C@@H]1O. The third kappa shape index (κ3) is 15.1. The lowest BCUT2D eigenvalue weighted by molar-refractivity contribution is -0.316. The first-order chi connectivity index (χ1) is 31.9. The molecule has 15 atom stereocenters.